The zero-order chi connectivity index (χ0) is 32.1. The number of benzene rings is 3. The summed E-state index contributed by atoms with van der Waals surface area (Å²) in [6, 6.07) is 19.5. The first-order valence-corrected chi connectivity index (χ1v) is 18.8. The van der Waals surface area contributed by atoms with Crippen LogP contribution in [0.15, 0.2) is 42.5 Å². The van der Waals surface area contributed by atoms with E-state index >= 15 is 0 Å². The van der Waals surface area contributed by atoms with E-state index in [1.807, 2.05) is 0 Å². The normalized spacial score (nSPS) is 27.5. The summed E-state index contributed by atoms with van der Waals surface area (Å²) in [5.41, 5.74) is 17.4. The molecule has 0 radical (unpaired) electrons. The molecule has 3 saturated carbocycles. The van der Waals surface area contributed by atoms with Crippen LogP contribution in [0.3, 0.4) is 0 Å². The lowest BCUT2D eigenvalue weighted by Crippen LogP contribution is -2.64. The SMILES string of the molecule is CC(C)(C)c1ccc2c(c1)B1c3cc(C(C)(C)C)cc4c3N(c3cc(C(C)(C)C)cc(c31)N2C1CC2CCC1C2)C1CCCCC41. The summed E-state index contributed by atoms with van der Waals surface area (Å²) in [6.45, 7) is 22.0. The monoisotopic (exact) mass is 610 g/mol. The van der Waals surface area contributed by atoms with Gasteiger partial charge in [0.15, 0.2) is 0 Å². The second-order valence-corrected chi connectivity index (χ2v) is 19.3. The van der Waals surface area contributed by atoms with E-state index in [2.05, 4.69) is 115 Å². The zero-order valence-electron chi connectivity index (χ0n) is 30.1. The Morgan fingerprint density at radius 2 is 1.24 bits per heavy atom. The highest BCUT2D eigenvalue weighted by Crippen LogP contribution is 2.56. The maximum absolute atomic E-state index is 2.92. The molecule has 3 aliphatic heterocycles. The van der Waals surface area contributed by atoms with Crippen molar-refractivity contribution < 1.29 is 0 Å². The molecule has 0 aromatic heterocycles. The number of anilines is 4. The molecular formula is C43H55BN2. The Kier molecular flexibility index (Phi) is 6.07. The van der Waals surface area contributed by atoms with Crippen LogP contribution >= 0.6 is 0 Å². The number of fused-ring (bicyclic) bond motifs is 9. The molecule has 6 aliphatic rings. The van der Waals surface area contributed by atoms with Crippen LogP contribution in [0.2, 0.25) is 0 Å². The fraction of sp³-hybridized carbons (Fsp3) is 0.581. The average molecular weight is 611 g/mol. The molecule has 2 bridgehead atoms. The molecule has 3 aromatic rings. The Labute approximate surface area is 279 Å². The molecule has 0 spiro atoms. The molecule has 240 valence electrons. The van der Waals surface area contributed by atoms with E-state index < -0.39 is 0 Å². The highest BCUT2D eigenvalue weighted by molar-refractivity contribution is 7.00. The van der Waals surface area contributed by atoms with Crippen molar-refractivity contribution in [3.05, 3.63) is 64.7 Å². The highest BCUT2D eigenvalue weighted by atomic mass is 15.2. The molecule has 3 aliphatic carbocycles. The summed E-state index contributed by atoms with van der Waals surface area (Å²) in [5.74, 6) is 2.36. The Bertz CT molecular complexity index is 1760. The second kappa shape index (κ2) is 9.48. The van der Waals surface area contributed by atoms with Gasteiger partial charge in [-0.15, -0.1) is 0 Å². The van der Waals surface area contributed by atoms with Gasteiger partial charge < -0.3 is 9.80 Å². The van der Waals surface area contributed by atoms with Crippen LogP contribution in [-0.4, -0.2) is 18.8 Å². The van der Waals surface area contributed by atoms with Crippen LogP contribution in [0, 0.1) is 11.8 Å². The lowest BCUT2D eigenvalue weighted by Gasteiger charge is -2.49. The standard InChI is InChI=1S/C43H55BN2/c1-41(2,3)27-16-17-35-32(21-27)44-33-22-28(42(4,5)6)20-31-30-12-10-11-13-34(30)46(40(31)33)38-24-29(43(7,8)9)23-37(39(38)44)45(35)36-19-25-14-15-26(36)18-25/h16-17,20-26,30,34,36H,10-15,18-19H2,1-9H3. The number of rotatable bonds is 1. The topological polar surface area (TPSA) is 6.48 Å². The van der Waals surface area contributed by atoms with E-state index in [1.165, 1.54) is 79.4 Å². The summed E-state index contributed by atoms with van der Waals surface area (Å²) < 4.78 is 0. The predicted octanol–water partition coefficient (Wildman–Crippen LogP) is 9.23. The molecule has 0 N–H and O–H groups in total. The first kappa shape index (κ1) is 29.5. The quantitative estimate of drug-likeness (QED) is 0.254. The van der Waals surface area contributed by atoms with Gasteiger partial charge in [-0.2, -0.15) is 0 Å². The molecule has 2 nitrogen and oxygen atoms in total. The summed E-state index contributed by atoms with van der Waals surface area (Å²) in [4.78, 5) is 5.84. The van der Waals surface area contributed by atoms with Crippen LogP contribution in [0.25, 0.3) is 0 Å². The molecule has 3 fully saturated rings. The Hall–Kier alpha value is -2.68. The molecule has 5 atom stereocenters. The fourth-order valence-corrected chi connectivity index (χ4v) is 10.9. The van der Waals surface area contributed by atoms with Crippen molar-refractivity contribution in [2.24, 2.45) is 11.8 Å². The predicted molar refractivity (Wildman–Crippen MR) is 199 cm³/mol. The summed E-state index contributed by atoms with van der Waals surface area (Å²) in [6.07, 6.45) is 11.0. The van der Waals surface area contributed by atoms with Gasteiger partial charge in [-0.1, -0.05) is 106 Å². The average Bonchev–Trinajstić information content (AvgIpc) is 3.71. The van der Waals surface area contributed by atoms with E-state index in [-0.39, 0.29) is 23.0 Å². The van der Waals surface area contributed by atoms with Crippen molar-refractivity contribution in [3.8, 4) is 0 Å². The van der Waals surface area contributed by atoms with Crippen molar-refractivity contribution in [3.63, 3.8) is 0 Å². The molecule has 9 rings (SSSR count). The molecule has 0 amide bonds. The van der Waals surface area contributed by atoms with Gasteiger partial charge in [0.05, 0.1) is 0 Å². The number of hydrogen-bond donors (Lipinski definition) is 0. The van der Waals surface area contributed by atoms with Crippen LogP contribution in [0.1, 0.15) is 142 Å². The van der Waals surface area contributed by atoms with Gasteiger partial charge in [-0.25, -0.2) is 0 Å². The van der Waals surface area contributed by atoms with Gasteiger partial charge in [-0.3, -0.25) is 0 Å². The van der Waals surface area contributed by atoms with Crippen molar-refractivity contribution in [1.82, 2.24) is 0 Å². The fourth-order valence-electron chi connectivity index (χ4n) is 10.9. The Balaban J connectivity index is 1.39. The minimum absolute atomic E-state index is 0.0859. The van der Waals surface area contributed by atoms with Crippen LogP contribution in [0.5, 0.6) is 0 Å². The molecule has 46 heavy (non-hydrogen) atoms. The zero-order valence-corrected chi connectivity index (χ0v) is 30.1. The largest absolute Gasteiger partial charge is 0.339 e. The first-order valence-electron chi connectivity index (χ1n) is 18.8. The van der Waals surface area contributed by atoms with E-state index in [0.717, 1.165) is 11.8 Å². The third-order valence-electron chi connectivity index (χ3n) is 13.4. The first-order chi connectivity index (χ1) is 21.7. The minimum Gasteiger partial charge on any atom is -0.339 e. The summed E-state index contributed by atoms with van der Waals surface area (Å²) >= 11 is 0. The van der Waals surface area contributed by atoms with E-state index in [4.69, 9.17) is 0 Å². The van der Waals surface area contributed by atoms with Gasteiger partial charge in [0.2, 0.25) is 0 Å². The van der Waals surface area contributed by atoms with Crippen molar-refractivity contribution in [2.75, 3.05) is 9.80 Å². The molecule has 3 heteroatoms. The second-order valence-electron chi connectivity index (χ2n) is 19.3. The van der Waals surface area contributed by atoms with Gasteiger partial charge in [0.1, 0.15) is 0 Å². The van der Waals surface area contributed by atoms with E-state index in [9.17, 15) is 0 Å². The van der Waals surface area contributed by atoms with Gasteiger partial charge in [0, 0.05) is 40.8 Å². The number of nitrogens with zero attached hydrogens (tertiary/aromatic N) is 2. The molecular weight excluding hydrogens is 555 g/mol. The van der Waals surface area contributed by atoms with Gasteiger partial charge in [0.25, 0.3) is 6.71 Å². The Morgan fingerprint density at radius 3 is 1.89 bits per heavy atom. The number of hydrogen-bond acceptors (Lipinski definition) is 2. The third kappa shape index (κ3) is 4.08. The molecule has 5 unspecified atom stereocenters. The van der Waals surface area contributed by atoms with Gasteiger partial charge >= 0.3 is 0 Å². The van der Waals surface area contributed by atoms with Crippen LogP contribution < -0.4 is 26.2 Å². The molecule has 3 heterocycles. The Morgan fingerprint density at radius 1 is 0.587 bits per heavy atom. The van der Waals surface area contributed by atoms with E-state index in [0.29, 0.717) is 18.0 Å². The molecule has 0 saturated heterocycles. The maximum atomic E-state index is 2.92. The van der Waals surface area contributed by atoms with Crippen molar-refractivity contribution in [1.29, 1.82) is 0 Å². The van der Waals surface area contributed by atoms with Crippen molar-refractivity contribution in [2.45, 2.75) is 148 Å². The summed E-state index contributed by atoms with van der Waals surface area (Å²) in [7, 11) is 0. The summed E-state index contributed by atoms with van der Waals surface area (Å²) in [5, 5.41) is 0. The lowest BCUT2D eigenvalue weighted by molar-refractivity contribution is 0.401. The molecule has 3 aromatic carbocycles. The highest BCUT2D eigenvalue weighted by Gasteiger charge is 2.53. The maximum Gasteiger partial charge on any atom is 0.252 e. The third-order valence-corrected chi connectivity index (χ3v) is 13.4. The van der Waals surface area contributed by atoms with Crippen molar-refractivity contribution >= 4 is 45.9 Å². The van der Waals surface area contributed by atoms with Crippen LogP contribution in [-0.2, 0) is 16.2 Å². The van der Waals surface area contributed by atoms with E-state index in [1.54, 1.807) is 33.3 Å². The minimum atomic E-state index is 0.0859. The smallest absolute Gasteiger partial charge is 0.252 e. The lowest BCUT2D eigenvalue weighted by atomic mass is 9.33. The van der Waals surface area contributed by atoms with Gasteiger partial charge in [-0.05, 0) is 117 Å². The van der Waals surface area contributed by atoms with Crippen LogP contribution in [0.4, 0.5) is 22.7 Å².